The van der Waals surface area contributed by atoms with Crippen molar-refractivity contribution in [1.29, 1.82) is 0 Å². The van der Waals surface area contributed by atoms with Crippen LogP contribution in [0, 0.1) is 13.8 Å². The third kappa shape index (κ3) is 2.90. The van der Waals surface area contributed by atoms with Gasteiger partial charge in [0.05, 0.1) is 17.6 Å². The summed E-state index contributed by atoms with van der Waals surface area (Å²) in [7, 11) is 1.33. The average Bonchev–Trinajstić information content (AvgIpc) is 2.93. The van der Waals surface area contributed by atoms with Crippen LogP contribution in [0.4, 0.5) is 5.69 Å². The van der Waals surface area contributed by atoms with E-state index in [1.807, 2.05) is 38.1 Å². The van der Waals surface area contributed by atoms with Gasteiger partial charge in [-0.25, -0.2) is 4.79 Å². The van der Waals surface area contributed by atoms with E-state index < -0.39 is 5.97 Å². The Morgan fingerprint density at radius 1 is 1.08 bits per heavy atom. The number of thiophene rings is 1. The first-order valence-electron chi connectivity index (χ1n) is 7.49. The first kappa shape index (κ1) is 16.2. The van der Waals surface area contributed by atoms with Crippen LogP contribution in [-0.4, -0.2) is 19.0 Å². The maximum absolute atomic E-state index is 12.7. The fourth-order valence-electron chi connectivity index (χ4n) is 2.57. The minimum atomic E-state index is -0.427. The highest BCUT2D eigenvalue weighted by Crippen LogP contribution is 2.31. The Balaban J connectivity index is 1.94. The molecule has 1 amide bonds. The van der Waals surface area contributed by atoms with Gasteiger partial charge in [0.2, 0.25) is 0 Å². The number of amides is 1. The quantitative estimate of drug-likeness (QED) is 0.712. The molecule has 1 aromatic heterocycles. The number of ether oxygens (including phenoxy) is 1. The molecule has 0 bridgehead atoms. The highest BCUT2D eigenvalue weighted by Gasteiger charge is 2.17. The predicted molar refractivity (Wildman–Crippen MR) is 97.0 cm³/mol. The summed E-state index contributed by atoms with van der Waals surface area (Å²) < 4.78 is 5.81. The summed E-state index contributed by atoms with van der Waals surface area (Å²) in [5.74, 6) is -0.595. The molecular weight excluding hydrogens is 322 g/mol. The zero-order valence-corrected chi connectivity index (χ0v) is 14.5. The normalized spacial score (nSPS) is 10.6. The zero-order valence-electron chi connectivity index (χ0n) is 13.7. The molecule has 3 aromatic rings. The first-order chi connectivity index (χ1) is 11.5. The van der Waals surface area contributed by atoms with Crippen LogP contribution >= 0.6 is 11.3 Å². The summed E-state index contributed by atoms with van der Waals surface area (Å²) in [6.07, 6.45) is 0. The largest absolute Gasteiger partial charge is 0.465 e. The standard InChI is InChI=1S/C19H17NO3S/c1-11-8-9-13(19(22)23-3)10-15(11)20-18(21)17-12(2)14-6-4-5-7-16(14)24-17/h4-10H,1-3H3,(H,20,21). The number of benzene rings is 2. The molecule has 5 heteroatoms. The van der Waals surface area contributed by atoms with Crippen molar-refractivity contribution in [2.45, 2.75) is 13.8 Å². The topological polar surface area (TPSA) is 55.4 Å². The summed E-state index contributed by atoms with van der Waals surface area (Å²) in [6.45, 7) is 3.83. The molecule has 0 radical (unpaired) electrons. The molecule has 0 saturated carbocycles. The summed E-state index contributed by atoms with van der Waals surface area (Å²) >= 11 is 1.47. The lowest BCUT2D eigenvalue weighted by atomic mass is 10.1. The number of aryl methyl sites for hydroxylation is 2. The fourth-order valence-corrected chi connectivity index (χ4v) is 3.68. The number of methoxy groups -OCH3 is 1. The first-order valence-corrected chi connectivity index (χ1v) is 8.31. The number of rotatable bonds is 3. The Kier molecular flexibility index (Phi) is 4.36. The van der Waals surface area contributed by atoms with E-state index >= 15 is 0 Å². The molecular formula is C19H17NO3S. The van der Waals surface area contributed by atoms with Crippen molar-refractivity contribution in [1.82, 2.24) is 0 Å². The van der Waals surface area contributed by atoms with E-state index in [-0.39, 0.29) is 5.91 Å². The average molecular weight is 339 g/mol. The lowest BCUT2D eigenvalue weighted by Crippen LogP contribution is -2.13. The smallest absolute Gasteiger partial charge is 0.337 e. The number of carbonyl (C=O) groups excluding carboxylic acids is 2. The molecule has 0 saturated heterocycles. The monoisotopic (exact) mass is 339 g/mol. The third-order valence-corrected chi connectivity index (χ3v) is 5.23. The number of nitrogens with one attached hydrogen (secondary N) is 1. The van der Waals surface area contributed by atoms with Crippen LogP contribution in [0.5, 0.6) is 0 Å². The molecule has 2 aromatic carbocycles. The lowest BCUT2D eigenvalue weighted by molar-refractivity contribution is 0.0600. The van der Waals surface area contributed by atoms with Gasteiger partial charge >= 0.3 is 5.97 Å². The Hall–Kier alpha value is -2.66. The molecule has 0 unspecified atom stereocenters. The van der Waals surface area contributed by atoms with Gasteiger partial charge in [-0.3, -0.25) is 4.79 Å². The van der Waals surface area contributed by atoms with Crippen molar-refractivity contribution in [2.24, 2.45) is 0 Å². The summed E-state index contributed by atoms with van der Waals surface area (Å²) in [5.41, 5.74) is 2.87. The van der Waals surface area contributed by atoms with Crippen molar-refractivity contribution < 1.29 is 14.3 Å². The SMILES string of the molecule is COC(=O)c1ccc(C)c(NC(=O)c2sc3ccccc3c2C)c1. The summed E-state index contributed by atoms with van der Waals surface area (Å²) in [4.78, 5) is 25.0. The molecule has 3 rings (SSSR count). The van der Waals surface area contributed by atoms with Crippen LogP contribution in [-0.2, 0) is 4.74 Å². The molecule has 0 aliphatic carbocycles. The Bertz CT molecular complexity index is 943. The van der Waals surface area contributed by atoms with Gasteiger partial charge in [0.15, 0.2) is 0 Å². The molecule has 122 valence electrons. The van der Waals surface area contributed by atoms with Gasteiger partial charge in [-0.1, -0.05) is 24.3 Å². The Labute approximate surface area is 144 Å². The van der Waals surface area contributed by atoms with Crippen molar-refractivity contribution in [3.05, 3.63) is 64.0 Å². The molecule has 1 heterocycles. The summed E-state index contributed by atoms with van der Waals surface area (Å²) in [6, 6.07) is 13.1. The molecule has 0 aliphatic heterocycles. The van der Waals surface area contributed by atoms with Gasteiger partial charge in [0.1, 0.15) is 0 Å². The third-order valence-electron chi connectivity index (χ3n) is 3.96. The number of anilines is 1. The van der Waals surface area contributed by atoms with Crippen LogP contribution in [0.3, 0.4) is 0 Å². The predicted octanol–water partition coefficient (Wildman–Crippen LogP) is 4.56. The minimum absolute atomic E-state index is 0.168. The van der Waals surface area contributed by atoms with E-state index in [1.165, 1.54) is 18.4 Å². The van der Waals surface area contributed by atoms with Gasteiger partial charge < -0.3 is 10.1 Å². The lowest BCUT2D eigenvalue weighted by Gasteiger charge is -2.09. The number of carbonyl (C=O) groups is 2. The molecule has 0 fully saturated rings. The van der Waals surface area contributed by atoms with Crippen molar-refractivity contribution >= 4 is 39.0 Å². The molecule has 0 aliphatic rings. The zero-order chi connectivity index (χ0) is 17.3. The van der Waals surface area contributed by atoms with E-state index in [0.29, 0.717) is 16.1 Å². The number of esters is 1. The molecule has 24 heavy (non-hydrogen) atoms. The van der Waals surface area contributed by atoms with E-state index in [9.17, 15) is 9.59 Å². The highest BCUT2D eigenvalue weighted by molar-refractivity contribution is 7.21. The Morgan fingerprint density at radius 2 is 1.83 bits per heavy atom. The van der Waals surface area contributed by atoms with Crippen molar-refractivity contribution in [3.63, 3.8) is 0 Å². The Morgan fingerprint density at radius 3 is 2.54 bits per heavy atom. The highest BCUT2D eigenvalue weighted by atomic mass is 32.1. The second-order valence-corrected chi connectivity index (χ2v) is 6.58. The van der Waals surface area contributed by atoms with Crippen LogP contribution in [0.15, 0.2) is 42.5 Å². The second kappa shape index (κ2) is 6.45. The second-order valence-electron chi connectivity index (χ2n) is 5.53. The van der Waals surface area contributed by atoms with Gasteiger partial charge in [-0.15, -0.1) is 11.3 Å². The number of fused-ring (bicyclic) bond motifs is 1. The molecule has 4 nitrogen and oxygen atoms in total. The van der Waals surface area contributed by atoms with Crippen LogP contribution in [0.1, 0.15) is 31.2 Å². The van der Waals surface area contributed by atoms with E-state index in [4.69, 9.17) is 4.74 Å². The van der Waals surface area contributed by atoms with E-state index in [0.717, 1.165) is 21.2 Å². The molecule has 1 N–H and O–H groups in total. The van der Waals surface area contributed by atoms with Crippen LogP contribution in [0.2, 0.25) is 0 Å². The van der Waals surface area contributed by atoms with Crippen LogP contribution in [0.25, 0.3) is 10.1 Å². The van der Waals surface area contributed by atoms with Gasteiger partial charge in [0, 0.05) is 10.4 Å². The van der Waals surface area contributed by atoms with Gasteiger partial charge in [-0.05, 0) is 48.6 Å². The number of hydrogen-bond acceptors (Lipinski definition) is 4. The van der Waals surface area contributed by atoms with E-state index in [1.54, 1.807) is 18.2 Å². The maximum atomic E-state index is 12.7. The van der Waals surface area contributed by atoms with Crippen molar-refractivity contribution in [2.75, 3.05) is 12.4 Å². The van der Waals surface area contributed by atoms with Crippen LogP contribution < -0.4 is 5.32 Å². The van der Waals surface area contributed by atoms with Gasteiger partial charge in [-0.2, -0.15) is 0 Å². The number of hydrogen-bond donors (Lipinski definition) is 1. The van der Waals surface area contributed by atoms with E-state index in [2.05, 4.69) is 5.32 Å². The minimum Gasteiger partial charge on any atom is -0.465 e. The molecule has 0 spiro atoms. The summed E-state index contributed by atoms with van der Waals surface area (Å²) in [5, 5.41) is 4.00. The van der Waals surface area contributed by atoms with Crippen molar-refractivity contribution in [3.8, 4) is 0 Å². The van der Waals surface area contributed by atoms with Gasteiger partial charge in [0.25, 0.3) is 5.91 Å². The fraction of sp³-hybridized carbons (Fsp3) is 0.158. The maximum Gasteiger partial charge on any atom is 0.337 e. The molecule has 0 atom stereocenters.